The molecule has 1 N–H and O–H groups in total. The molecule has 1 heterocycles. The van der Waals surface area contributed by atoms with Crippen LogP contribution in [0.1, 0.15) is 32.8 Å². The Morgan fingerprint density at radius 2 is 2.10 bits per heavy atom. The van der Waals surface area contributed by atoms with Crippen LogP contribution in [0.2, 0.25) is 5.02 Å². The van der Waals surface area contributed by atoms with Gasteiger partial charge in [0.25, 0.3) is 0 Å². The average molecular weight is 321 g/mol. The van der Waals surface area contributed by atoms with Gasteiger partial charge in [-0.25, -0.2) is 0 Å². The Hall–Kier alpha value is -0.940. The Kier molecular flexibility index (Phi) is 4.45. The van der Waals surface area contributed by atoms with Gasteiger partial charge in [-0.15, -0.1) is 0 Å². The molecule has 1 aliphatic rings. The Morgan fingerprint density at radius 3 is 2.67 bits per heavy atom. The highest BCUT2D eigenvalue weighted by Gasteiger charge is 2.36. The first kappa shape index (κ1) is 16.4. The Balaban J connectivity index is 2.39. The van der Waals surface area contributed by atoms with Crippen molar-refractivity contribution in [1.29, 1.82) is 0 Å². The van der Waals surface area contributed by atoms with Gasteiger partial charge in [0, 0.05) is 24.7 Å². The highest BCUT2D eigenvalue weighted by Crippen LogP contribution is 2.37. The van der Waals surface area contributed by atoms with Crippen molar-refractivity contribution in [2.45, 2.75) is 44.9 Å². The van der Waals surface area contributed by atoms with Crippen LogP contribution < -0.4 is 10.2 Å². The lowest BCUT2D eigenvalue weighted by atomic mass is 9.93. The lowest BCUT2D eigenvalue weighted by Crippen LogP contribution is -2.62. The third-order valence-electron chi connectivity index (χ3n) is 4.24. The number of anilines is 1. The number of hydrogen-bond acceptors (Lipinski definition) is 2. The van der Waals surface area contributed by atoms with E-state index in [-0.39, 0.29) is 11.6 Å². The van der Waals surface area contributed by atoms with Crippen LogP contribution >= 0.6 is 11.6 Å². The van der Waals surface area contributed by atoms with Crippen molar-refractivity contribution in [2.75, 3.05) is 18.0 Å². The molecular weight excluding hydrogens is 301 g/mol. The van der Waals surface area contributed by atoms with E-state index in [0.29, 0.717) is 17.3 Å². The summed E-state index contributed by atoms with van der Waals surface area (Å²) in [5, 5.41) is 3.81. The molecule has 0 saturated carbocycles. The van der Waals surface area contributed by atoms with E-state index in [1.165, 1.54) is 6.07 Å². The van der Waals surface area contributed by atoms with E-state index < -0.39 is 11.7 Å². The first-order valence-corrected chi connectivity index (χ1v) is 7.42. The summed E-state index contributed by atoms with van der Waals surface area (Å²) in [6, 6.07) is 3.60. The Bertz CT molecular complexity index is 518. The number of alkyl halides is 3. The smallest absolute Gasteiger partial charge is 0.364 e. The minimum Gasteiger partial charge on any atom is -0.364 e. The lowest BCUT2D eigenvalue weighted by molar-refractivity contribution is -0.137. The summed E-state index contributed by atoms with van der Waals surface area (Å²) in [5.74, 6) is 0. The molecular formula is C15H20ClF3N2. The molecule has 2 nitrogen and oxygen atoms in total. The zero-order valence-corrected chi connectivity index (χ0v) is 13.1. The SMILES string of the molecule is CCC1(C)CN(c2cc(C(F)(F)F)ccc2Cl)C(C)CN1. The minimum atomic E-state index is -4.36. The summed E-state index contributed by atoms with van der Waals surface area (Å²) in [5.41, 5.74) is -0.324. The maximum Gasteiger partial charge on any atom is 0.416 e. The summed E-state index contributed by atoms with van der Waals surface area (Å²) < 4.78 is 38.7. The van der Waals surface area contributed by atoms with Gasteiger partial charge in [0.1, 0.15) is 0 Å². The maximum absolute atomic E-state index is 12.9. The van der Waals surface area contributed by atoms with Gasteiger partial charge < -0.3 is 10.2 Å². The largest absolute Gasteiger partial charge is 0.416 e. The Morgan fingerprint density at radius 1 is 1.43 bits per heavy atom. The molecule has 6 heteroatoms. The average Bonchev–Trinajstić information content (AvgIpc) is 2.41. The molecule has 2 unspecified atom stereocenters. The number of rotatable bonds is 2. The van der Waals surface area contributed by atoms with Gasteiger partial charge in [0.15, 0.2) is 0 Å². The molecule has 1 aromatic carbocycles. The molecule has 1 fully saturated rings. The number of hydrogen-bond donors (Lipinski definition) is 1. The zero-order chi connectivity index (χ0) is 15.8. The second-order valence-electron chi connectivity index (χ2n) is 5.94. The second-order valence-corrected chi connectivity index (χ2v) is 6.34. The first-order chi connectivity index (χ1) is 9.66. The molecule has 21 heavy (non-hydrogen) atoms. The van der Waals surface area contributed by atoms with Crippen molar-refractivity contribution in [3.8, 4) is 0 Å². The van der Waals surface area contributed by atoms with Gasteiger partial charge in [-0.1, -0.05) is 18.5 Å². The van der Waals surface area contributed by atoms with E-state index in [4.69, 9.17) is 11.6 Å². The topological polar surface area (TPSA) is 15.3 Å². The minimum absolute atomic E-state index is 0.0885. The Labute approximate surface area is 128 Å². The van der Waals surface area contributed by atoms with Gasteiger partial charge in [-0.2, -0.15) is 13.2 Å². The zero-order valence-electron chi connectivity index (χ0n) is 12.4. The van der Waals surface area contributed by atoms with Crippen LogP contribution in [0.3, 0.4) is 0 Å². The predicted octanol–water partition coefficient (Wildman–Crippen LogP) is 4.33. The monoisotopic (exact) mass is 320 g/mol. The van der Waals surface area contributed by atoms with E-state index in [2.05, 4.69) is 19.2 Å². The van der Waals surface area contributed by atoms with Crippen molar-refractivity contribution in [1.82, 2.24) is 5.32 Å². The molecule has 118 valence electrons. The van der Waals surface area contributed by atoms with Gasteiger partial charge in [-0.05, 0) is 38.5 Å². The van der Waals surface area contributed by atoms with E-state index >= 15 is 0 Å². The normalized spacial score (nSPS) is 27.0. The van der Waals surface area contributed by atoms with E-state index in [0.717, 1.165) is 25.1 Å². The molecule has 1 saturated heterocycles. The fourth-order valence-corrected chi connectivity index (χ4v) is 2.79. The predicted molar refractivity (Wildman–Crippen MR) is 80.0 cm³/mol. The van der Waals surface area contributed by atoms with Crippen molar-refractivity contribution in [3.63, 3.8) is 0 Å². The van der Waals surface area contributed by atoms with E-state index in [1.54, 1.807) is 0 Å². The molecule has 0 spiro atoms. The lowest BCUT2D eigenvalue weighted by Gasteiger charge is -2.46. The molecule has 0 amide bonds. The quantitative estimate of drug-likeness (QED) is 0.872. The number of halogens is 4. The summed E-state index contributed by atoms with van der Waals surface area (Å²) in [6.07, 6.45) is -3.46. The molecule has 2 atom stereocenters. The highest BCUT2D eigenvalue weighted by atomic mass is 35.5. The van der Waals surface area contributed by atoms with Crippen LogP contribution in [0.5, 0.6) is 0 Å². The number of piperazine rings is 1. The van der Waals surface area contributed by atoms with E-state index in [1.807, 2.05) is 11.8 Å². The van der Waals surface area contributed by atoms with Gasteiger partial charge in [0.2, 0.25) is 0 Å². The third-order valence-corrected chi connectivity index (χ3v) is 4.56. The number of nitrogens with one attached hydrogen (secondary N) is 1. The highest BCUT2D eigenvalue weighted by molar-refractivity contribution is 6.33. The van der Waals surface area contributed by atoms with Crippen molar-refractivity contribution < 1.29 is 13.2 Å². The van der Waals surface area contributed by atoms with Crippen LogP contribution in [0.25, 0.3) is 0 Å². The molecule has 0 radical (unpaired) electrons. The molecule has 1 aromatic rings. The van der Waals surface area contributed by atoms with Crippen LogP contribution in [0, 0.1) is 0 Å². The third kappa shape index (κ3) is 3.46. The number of benzene rings is 1. The fraction of sp³-hybridized carbons (Fsp3) is 0.600. The summed E-state index contributed by atoms with van der Waals surface area (Å²) in [7, 11) is 0. The molecule has 0 aromatic heterocycles. The fourth-order valence-electron chi connectivity index (χ4n) is 2.56. The van der Waals surface area contributed by atoms with Crippen molar-refractivity contribution >= 4 is 17.3 Å². The van der Waals surface area contributed by atoms with Crippen LogP contribution in [0.15, 0.2) is 18.2 Å². The molecule has 1 aliphatic heterocycles. The summed E-state index contributed by atoms with van der Waals surface area (Å²) >= 11 is 6.15. The second kappa shape index (κ2) is 5.69. The van der Waals surface area contributed by atoms with Crippen LogP contribution in [-0.2, 0) is 6.18 Å². The number of nitrogens with zero attached hydrogens (tertiary/aromatic N) is 1. The van der Waals surface area contributed by atoms with Gasteiger partial charge in [0.05, 0.1) is 16.3 Å². The summed E-state index contributed by atoms with van der Waals surface area (Å²) in [6.45, 7) is 7.48. The van der Waals surface area contributed by atoms with Crippen molar-refractivity contribution in [3.05, 3.63) is 28.8 Å². The van der Waals surface area contributed by atoms with E-state index in [9.17, 15) is 13.2 Å². The van der Waals surface area contributed by atoms with Crippen LogP contribution in [-0.4, -0.2) is 24.7 Å². The van der Waals surface area contributed by atoms with Gasteiger partial charge in [-0.3, -0.25) is 0 Å². The molecule has 2 rings (SSSR count). The molecule has 0 aliphatic carbocycles. The van der Waals surface area contributed by atoms with Crippen molar-refractivity contribution in [2.24, 2.45) is 0 Å². The van der Waals surface area contributed by atoms with Crippen LogP contribution in [0.4, 0.5) is 18.9 Å². The first-order valence-electron chi connectivity index (χ1n) is 7.05. The maximum atomic E-state index is 12.9. The standard InChI is InChI=1S/C15H20ClF3N2/c1-4-14(3)9-21(10(2)8-20-14)13-7-11(15(17,18)19)5-6-12(13)16/h5-7,10,20H,4,8-9H2,1-3H3. The molecule has 0 bridgehead atoms. The summed E-state index contributed by atoms with van der Waals surface area (Å²) in [4.78, 5) is 1.97. The van der Waals surface area contributed by atoms with Gasteiger partial charge >= 0.3 is 6.18 Å².